The van der Waals surface area contributed by atoms with Crippen LogP contribution in [0.25, 0.3) is 21.5 Å². The Morgan fingerprint density at radius 3 is 1.64 bits per heavy atom. The maximum absolute atomic E-state index is 11.5. The molecular formula is C36H52O3. The first-order valence-corrected chi connectivity index (χ1v) is 15.9. The zero-order chi connectivity index (χ0) is 27.5. The number of carbonyl (C=O) groups excluding carboxylic acids is 1. The summed E-state index contributed by atoms with van der Waals surface area (Å²) in [5.74, 6) is 0.973. The Morgan fingerprint density at radius 1 is 0.590 bits per heavy atom. The second-order valence-corrected chi connectivity index (χ2v) is 11.5. The summed E-state index contributed by atoms with van der Waals surface area (Å²) in [5.41, 5.74) is 0. The summed E-state index contributed by atoms with van der Waals surface area (Å²) in [5, 5.41) is 5.02. The lowest BCUT2D eigenvalue weighted by atomic mass is 10.0. The zero-order valence-electron chi connectivity index (χ0n) is 24.7. The van der Waals surface area contributed by atoms with Crippen molar-refractivity contribution in [1.82, 2.24) is 0 Å². The Hall–Kier alpha value is -2.55. The first-order chi connectivity index (χ1) is 19.1. The monoisotopic (exact) mass is 532 g/mol. The van der Waals surface area contributed by atoms with E-state index in [1.807, 2.05) is 13.8 Å². The maximum atomic E-state index is 11.5. The molecule has 0 unspecified atom stereocenters. The van der Waals surface area contributed by atoms with Crippen molar-refractivity contribution in [2.75, 3.05) is 6.61 Å². The number of rotatable bonds is 21. The number of benzene rings is 3. The molecule has 0 N–H and O–H groups in total. The molecule has 0 radical (unpaired) electrons. The minimum Gasteiger partial charge on any atom is -0.493 e. The SMILES string of the molecule is CC(C)OC(=O)CCCCCCCCCCCCCCCCCCOc1cccc2cc3ccccc3cc12. The van der Waals surface area contributed by atoms with E-state index in [1.165, 1.54) is 105 Å². The molecular weight excluding hydrogens is 480 g/mol. The fourth-order valence-corrected chi connectivity index (χ4v) is 5.41. The van der Waals surface area contributed by atoms with Crippen molar-refractivity contribution in [2.45, 2.75) is 129 Å². The van der Waals surface area contributed by atoms with Gasteiger partial charge in [0.25, 0.3) is 0 Å². The van der Waals surface area contributed by atoms with E-state index < -0.39 is 0 Å². The largest absolute Gasteiger partial charge is 0.493 e. The van der Waals surface area contributed by atoms with Gasteiger partial charge in [-0.15, -0.1) is 0 Å². The highest BCUT2D eigenvalue weighted by atomic mass is 16.5. The summed E-state index contributed by atoms with van der Waals surface area (Å²) in [4.78, 5) is 11.5. The number of hydrogen-bond donors (Lipinski definition) is 0. The Morgan fingerprint density at radius 2 is 1.08 bits per heavy atom. The van der Waals surface area contributed by atoms with Crippen LogP contribution in [0.3, 0.4) is 0 Å². The van der Waals surface area contributed by atoms with Crippen molar-refractivity contribution >= 4 is 27.5 Å². The Labute approximate surface area is 237 Å². The van der Waals surface area contributed by atoms with Gasteiger partial charge < -0.3 is 9.47 Å². The molecule has 3 rings (SSSR count). The molecule has 0 aliphatic rings. The van der Waals surface area contributed by atoms with Gasteiger partial charge in [-0.1, -0.05) is 126 Å². The van der Waals surface area contributed by atoms with E-state index in [0.717, 1.165) is 31.6 Å². The van der Waals surface area contributed by atoms with Crippen molar-refractivity contribution < 1.29 is 14.3 Å². The summed E-state index contributed by atoms with van der Waals surface area (Å²) in [7, 11) is 0. The topological polar surface area (TPSA) is 35.5 Å². The molecule has 0 amide bonds. The van der Waals surface area contributed by atoms with Gasteiger partial charge in [-0.3, -0.25) is 4.79 Å². The lowest BCUT2D eigenvalue weighted by Gasteiger charge is -2.10. The van der Waals surface area contributed by atoms with E-state index in [-0.39, 0.29) is 12.1 Å². The molecule has 3 heteroatoms. The lowest BCUT2D eigenvalue weighted by Crippen LogP contribution is -2.10. The van der Waals surface area contributed by atoms with Crippen molar-refractivity contribution in [3.05, 3.63) is 54.6 Å². The third kappa shape index (κ3) is 12.4. The van der Waals surface area contributed by atoms with E-state index in [9.17, 15) is 4.79 Å². The molecule has 0 saturated carbocycles. The number of esters is 1. The Kier molecular flexibility index (Phi) is 14.8. The number of carbonyl (C=O) groups is 1. The predicted octanol–water partition coefficient (Wildman–Crippen LogP) is 11.0. The first kappa shape index (κ1) is 31.0. The van der Waals surface area contributed by atoms with Gasteiger partial charge in [0.05, 0.1) is 12.7 Å². The molecule has 0 saturated heterocycles. The molecule has 0 aliphatic carbocycles. The van der Waals surface area contributed by atoms with Crippen LogP contribution in [0.4, 0.5) is 0 Å². The van der Waals surface area contributed by atoms with E-state index in [0.29, 0.717) is 6.42 Å². The third-order valence-corrected chi connectivity index (χ3v) is 7.61. The average Bonchev–Trinajstić information content (AvgIpc) is 2.93. The smallest absolute Gasteiger partial charge is 0.306 e. The molecule has 0 aromatic heterocycles. The Balaban J connectivity index is 1.09. The van der Waals surface area contributed by atoms with E-state index in [2.05, 4.69) is 54.6 Å². The summed E-state index contributed by atoms with van der Waals surface area (Å²) < 4.78 is 11.4. The fraction of sp³-hybridized carbons (Fsp3) is 0.583. The van der Waals surface area contributed by atoms with E-state index in [4.69, 9.17) is 9.47 Å². The number of fused-ring (bicyclic) bond motifs is 2. The highest BCUT2D eigenvalue weighted by Gasteiger charge is 2.05. The van der Waals surface area contributed by atoms with Gasteiger partial charge in [0.2, 0.25) is 0 Å². The highest BCUT2D eigenvalue weighted by Crippen LogP contribution is 2.30. The molecule has 0 heterocycles. The average molecular weight is 533 g/mol. The molecule has 0 aliphatic heterocycles. The minimum atomic E-state index is -0.0404. The summed E-state index contributed by atoms with van der Waals surface area (Å²) in [6.45, 7) is 4.62. The normalized spacial score (nSPS) is 11.5. The van der Waals surface area contributed by atoms with Gasteiger partial charge in [0.15, 0.2) is 0 Å². The second-order valence-electron chi connectivity index (χ2n) is 11.5. The van der Waals surface area contributed by atoms with Gasteiger partial charge in [-0.2, -0.15) is 0 Å². The molecule has 3 aromatic carbocycles. The number of unbranched alkanes of at least 4 members (excludes halogenated alkanes) is 15. The molecule has 0 spiro atoms. The van der Waals surface area contributed by atoms with Crippen molar-refractivity contribution in [2.24, 2.45) is 0 Å². The predicted molar refractivity (Wildman–Crippen MR) is 167 cm³/mol. The molecule has 0 atom stereocenters. The summed E-state index contributed by atoms with van der Waals surface area (Å²) in [6, 6.07) is 19.5. The zero-order valence-corrected chi connectivity index (χ0v) is 24.7. The van der Waals surface area contributed by atoms with Crippen LogP contribution < -0.4 is 4.74 Å². The lowest BCUT2D eigenvalue weighted by molar-refractivity contribution is -0.147. The van der Waals surface area contributed by atoms with Crippen LogP contribution >= 0.6 is 0 Å². The van der Waals surface area contributed by atoms with Crippen LogP contribution in [0.15, 0.2) is 54.6 Å². The number of hydrogen-bond acceptors (Lipinski definition) is 3. The molecule has 3 nitrogen and oxygen atoms in total. The second kappa shape index (κ2) is 18.7. The van der Waals surface area contributed by atoms with Gasteiger partial charge in [0.1, 0.15) is 5.75 Å². The van der Waals surface area contributed by atoms with Crippen LogP contribution in [0, 0.1) is 0 Å². The van der Waals surface area contributed by atoms with Crippen molar-refractivity contribution in [3.8, 4) is 5.75 Å². The van der Waals surface area contributed by atoms with Crippen molar-refractivity contribution in [3.63, 3.8) is 0 Å². The van der Waals surface area contributed by atoms with Crippen molar-refractivity contribution in [1.29, 1.82) is 0 Å². The van der Waals surface area contributed by atoms with Crippen LogP contribution in [-0.4, -0.2) is 18.7 Å². The highest BCUT2D eigenvalue weighted by molar-refractivity contribution is 6.00. The molecule has 214 valence electrons. The van der Waals surface area contributed by atoms with Crippen LogP contribution in [0.5, 0.6) is 5.75 Å². The van der Waals surface area contributed by atoms with E-state index >= 15 is 0 Å². The van der Waals surface area contributed by atoms with Gasteiger partial charge >= 0.3 is 5.97 Å². The summed E-state index contributed by atoms with van der Waals surface area (Å²) >= 11 is 0. The molecule has 39 heavy (non-hydrogen) atoms. The maximum Gasteiger partial charge on any atom is 0.306 e. The third-order valence-electron chi connectivity index (χ3n) is 7.61. The van der Waals surface area contributed by atoms with Crippen LogP contribution in [-0.2, 0) is 9.53 Å². The molecule has 0 fully saturated rings. The first-order valence-electron chi connectivity index (χ1n) is 15.9. The van der Waals surface area contributed by atoms with Gasteiger partial charge in [-0.25, -0.2) is 0 Å². The van der Waals surface area contributed by atoms with E-state index in [1.54, 1.807) is 0 Å². The molecule has 0 bridgehead atoms. The summed E-state index contributed by atoms with van der Waals surface area (Å²) in [6.07, 6.45) is 21.4. The Bertz CT molecular complexity index is 1090. The van der Waals surface area contributed by atoms with Crippen LogP contribution in [0.2, 0.25) is 0 Å². The minimum absolute atomic E-state index is 0.0117. The van der Waals surface area contributed by atoms with Gasteiger partial charge in [-0.05, 0) is 61.0 Å². The van der Waals surface area contributed by atoms with Gasteiger partial charge in [0, 0.05) is 11.8 Å². The quantitative estimate of drug-likeness (QED) is 0.0777. The number of ether oxygens (including phenoxy) is 2. The van der Waals surface area contributed by atoms with Crippen LogP contribution in [0.1, 0.15) is 123 Å². The fourth-order valence-electron chi connectivity index (χ4n) is 5.41. The molecule has 3 aromatic rings. The standard InChI is InChI=1S/C36H52O3/c1-30(2)39-36(37)26-17-15-13-11-9-7-5-3-4-6-8-10-12-14-16-20-27-38-35-25-21-24-33-28-31-22-18-19-23-32(31)29-34(33)35/h18-19,21-25,28-30H,3-17,20,26-27H2,1-2H3.